The Morgan fingerprint density at radius 1 is 1.11 bits per heavy atom. The highest BCUT2D eigenvalue weighted by Gasteiger charge is 2.68. The Morgan fingerprint density at radius 2 is 1.83 bits per heavy atom. The Labute approximate surface area is 194 Å². The smallest absolute Gasteiger partial charge is 0.351 e. The number of aromatic nitrogens is 1. The Morgan fingerprint density at radius 3 is 2.40 bits per heavy atom. The van der Waals surface area contributed by atoms with Crippen LogP contribution < -0.4 is 16.0 Å². The highest BCUT2D eigenvalue weighted by molar-refractivity contribution is 5.86. The predicted molar refractivity (Wildman–Crippen MR) is 107 cm³/mol. The summed E-state index contributed by atoms with van der Waals surface area (Å²) in [6, 6.07) is 4.79. The van der Waals surface area contributed by atoms with Crippen LogP contribution in [0.4, 0.5) is 30.7 Å². The van der Waals surface area contributed by atoms with E-state index in [2.05, 4.69) is 20.9 Å². The first kappa shape index (κ1) is 24.9. The molecule has 0 radical (unpaired) electrons. The summed E-state index contributed by atoms with van der Waals surface area (Å²) >= 11 is 0. The van der Waals surface area contributed by atoms with Gasteiger partial charge in [0.25, 0.3) is 0 Å². The van der Waals surface area contributed by atoms with E-state index in [4.69, 9.17) is 0 Å². The Hall–Kier alpha value is -3.22. The molecule has 2 aromatic rings. The van der Waals surface area contributed by atoms with Crippen LogP contribution >= 0.6 is 0 Å². The molecular formula is C22H19F7N4O2. The first-order valence-corrected chi connectivity index (χ1v) is 10.5. The summed E-state index contributed by atoms with van der Waals surface area (Å²) in [5.41, 5.74) is -2.97. The summed E-state index contributed by atoms with van der Waals surface area (Å²) in [6.07, 6.45) is -10.1. The van der Waals surface area contributed by atoms with Gasteiger partial charge in [-0.3, -0.25) is 19.9 Å². The highest BCUT2D eigenvalue weighted by Crippen LogP contribution is 2.57. The van der Waals surface area contributed by atoms with Crippen LogP contribution in [0.5, 0.6) is 0 Å². The number of alkyl halides is 6. The number of carbonyl (C=O) groups is 2. The van der Waals surface area contributed by atoms with Crippen LogP contribution in [0.15, 0.2) is 36.5 Å². The Kier molecular flexibility index (Phi) is 6.24. The molecule has 13 heteroatoms. The van der Waals surface area contributed by atoms with Crippen molar-refractivity contribution in [1.82, 2.24) is 20.9 Å². The van der Waals surface area contributed by atoms with E-state index >= 15 is 0 Å². The maximum atomic E-state index is 14.6. The number of amides is 2. The van der Waals surface area contributed by atoms with E-state index in [1.165, 1.54) is 18.2 Å². The lowest BCUT2D eigenvalue weighted by atomic mass is 9.99. The van der Waals surface area contributed by atoms with Gasteiger partial charge in [-0.25, -0.2) is 4.39 Å². The molecular weight excluding hydrogens is 485 g/mol. The molecule has 2 heterocycles. The second-order valence-electron chi connectivity index (χ2n) is 8.52. The molecule has 2 aliphatic rings. The molecule has 1 aliphatic heterocycles. The zero-order chi connectivity index (χ0) is 25.6. The van der Waals surface area contributed by atoms with E-state index in [0.717, 1.165) is 18.3 Å². The van der Waals surface area contributed by atoms with Crippen molar-refractivity contribution in [2.24, 2.45) is 5.41 Å². The molecule has 2 atom stereocenters. The van der Waals surface area contributed by atoms with Crippen LogP contribution in [0.2, 0.25) is 0 Å². The fourth-order valence-electron chi connectivity index (χ4n) is 3.91. The third-order valence-electron chi connectivity index (χ3n) is 6.09. The number of hydrogen-bond donors (Lipinski definition) is 3. The van der Waals surface area contributed by atoms with Crippen LogP contribution in [0.25, 0.3) is 0 Å². The van der Waals surface area contributed by atoms with E-state index < -0.39 is 53.3 Å². The van der Waals surface area contributed by atoms with Gasteiger partial charge in [0.05, 0.1) is 0 Å². The third-order valence-corrected chi connectivity index (χ3v) is 6.09. The van der Waals surface area contributed by atoms with E-state index in [0.29, 0.717) is 5.56 Å². The van der Waals surface area contributed by atoms with Crippen LogP contribution in [0.1, 0.15) is 53.9 Å². The second-order valence-corrected chi connectivity index (χ2v) is 8.52. The van der Waals surface area contributed by atoms with E-state index in [1.807, 2.05) is 0 Å². The van der Waals surface area contributed by atoms with Crippen molar-refractivity contribution in [3.63, 3.8) is 0 Å². The zero-order valence-corrected chi connectivity index (χ0v) is 17.9. The molecule has 2 amide bonds. The Balaban J connectivity index is 1.48. The lowest BCUT2D eigenvalue weighted by Crippen LogP contribution is -2.47. The standard InChI is InChI=1S/C22H19F7N4O2/c23-14-3-1-11(9-31-19(35)20(5-6-20)22(27,28)29)7-13(14)18-32-15(8-17(34)33-18)12-2-4-16(30-10-12)21(24,25)26/h1-4,7,10,15,18,32H,5-6,8-9H2,(H,31,35)(H,33,34). The van der Waals surface area contributed by atoms with E-state index in [-0.39, 0.29) is 36.9 Å². The molecule has 1 saturated heterocycles. The molecule has 1 aliphatic carbocycles. The summed E-state index contributed by atoms with van der Waals surface area (Å²) in [7, 11) is 0. The quantitative estimate of drug-likeness (QED) is 0.537. The first-order chi connectivity index (χ1) is 16.3. The van der Waals surface area contributed by atoms with Gasteiger partial charge in [-0.2, -0.15) is 26.3 Å². The number of carbonyl (C=O) groups excluding carboxylic acids is 2. The molecule has 1 aromatic heterocycles. The van der Waals surface area contributed by atoms with Gasteiger partial charge in [0.1, 0.15) is 23.1 Å². The van der Waals surface area contributed by atoms with E-state index in [1.54, 1.807) is 0 Å². The van der Waals surface area contributed by atoms with Gasteiger partial charge >= 0.3 is 12.4 Å². The second kappa shape index (κ2) is 8.77. The average Bonchev–Trinajstić information content (AvgIpc) is 3.60. The molecule has 6 nitrogen and oxygen atoms in total. The van der Waals surface area contributed by atoms with Gasteiger partial charge in [0.15, 0.2) is 0 Å². The molecule has 1 aromatic carbocycles. The molecule has 2 fully saturated rings. The predicted octanol–water partition coefficient (Wildman–Crippen LogP) is 4.05. The largest absolute Gasteiger partial charge is 0.433 e. The number of rotatable bonds is 5. The molecule has 3 N–H and O–H groups in total. The van der Waals surface area contributed by atoms with Crippen LogP contribution in [0.3, 0.4) is 0 Å². The minimum atomic E-state index is -4.66. The molecule has 1 saturated carbocycles. The normalized spacial score (nSPS) is 21.9. The number of pyridine rings is 1. The lowest BCUT2D eigenvalue weighted by Gasteiger charge is -2.32. The third kappa shape index (κ3) is 5.09. The minimum Gasteiger partial charge on any atom is -0.351 e. The fourth-order valence-corrected chi connectivity index (χ4v) is 3.91. The number of hydrogen-bond acceptors (Lipinski definition) is 4. The van der Waals surface area contributed by atoms with Gasteiger partial charge in [0, 0.05) is 30.8 Å². The number of halogens is 7. The van der Waals surface area contributed by atoms with Gasteiger partial charge < -0.3 is 10.6 Å². The topological polar surface area (TPSA) is 83.1 Å². The van der Waals surface area contributed by atoms with Gasteiger partial charge in [-0.1, -0.05) is 12.1 Å². The summed E-state index contributed by atoms with van der Waals surface area (Å²) in [5, 5.41) is 7.69. The van der Waals surface area contributed by atoms with Gasteiger partial charge in [-0.05, 0) is 42.2 Å². The van der Waals surface area contributed by atoms with Crippen LogP contribution in [0, 0.1) is 11.2 Å². The molecule has 35 heavy (non-hydrogen) atoms. The molecule has 2 unspecified atom stereocenters. The monoisotopic (exact) mass is 504 g/mol. The maximum Gasteiger partial charge on any atom is 0.433 e. The lowest BCUT2D eigenvalue weighted by molar-refractivity contribution is -0.192. The average molecular weight is 504 g/mol. The molecule has 188 valence electrons. The number of benzene rings is 1. The number of nitrogens with zero attached hydrogens (tertiary/aromatic N) is 1. The molecule has 0 spiro atoms. The van der Waals surface area contributed by atoms with Crippen molar-refractivity contribution < 1.29 is 40.3 Å². The van der Waals surface area contributed by atoms with Crippen molar-refractivity contribution in [3.8, 4) is 0 Å². The van der Waals surface area contributed by atoms with Crippen LogP contribution in [-0.4, -0.2) is 23.0 Å². The summed E-state index contributed by atoms with van der Waals surface area (Å²) < 4.78 is 92.2. The van der Waals surface area contributed by atoms with Crippen molar-refractivity contribution in [2.45, 2.75) is 50.4 Å². The van der Waals surface area contributed by atoms with Crippen molar-refractivity contribution in [1.29, 1.82) is 0 Å². The highest BCUT2D eigenvalue weighted by atomic mass is 19.4. The SMILES string of the molecule is O=C1CC(c2ccc(C(F)(F)F)nc2)NC(c2cc(CNC(=O)C3(C(F)(F)F)CC3)ccc2F)N1. The first-order valence-electron chi connectivity index (χ1n) is 10.5. The van der Waals surface area contributed by atoms with E-state index in [9.17, 15) is 40.3 Å². The summed E-state index contributed by atoms with van der Waals surface area (Å²) in [6.45, 7) is -0.295. The molecule has 0 bridgehead atoms. The zero-order valence-electron chi connectivity index (χ0n) is 17.9. The van der Waals surface area contributed by atoms with Crippen molar-refractivity contribution >= 4 is 11.8 Å². The summed E-state index contributed by atoms with van der Waals surface area (Å²) in [5.74, 6) is -2.40. The Bertz CT molecular complexity index is 1130. The number of nitrogens with one attached hydrogen (secondary N) is 3. The van der Waals surface area contributed by atoms with Crippen LogP contribution in [-0.2, 0) is 22.3 Å². The fraction of sp³-hybridized carbons (Fsp3) is 0.409. The summed E-state index contributed by atoms with van der Waals surface area (Å²) in [4.78, 5) is 27.7. The molecule has 4 rings (SSSR count). The minimum absolute atomic E-state index is 0.0494. The van der Waals surface area contributed by atoms with Gasteiger partial charge in [-0.15, -0.1) is 0 Å². The van der Waals surface area contributed by atoms with Crippen molar-refractivity contribution in [3.05, 3.63) is 64.7 Å². The van der Waals surface area contributed by atoms with Gasteiger partial charge in [0.2, 0.25) is 11.8 Å². The van der Waals surface area contributed by atoms with Crippen molar-refractivity contribution in [2.75, 3.05) is 0 Å². The maximum absolute atomic E-state index is 14.6.